The topological polar surface area (TPSA) is 12.5 Å². The molecule has 2 aliphatic rings. The number of allylic oxidation sites excluding steroid dienone is 2. The summed E-state index contributed by atoms with van der Waals surface area (Å²) in [5, 5.41) is 0. The van der Waals surface area contributed by atoms with Crippen molar-refractivity contribution in [1.29, 1.82) is 0 Å². The molecule has 0 unspecified atom stereocenters. The van der Waals surface area contributed by atoms with Crippen LogP contribution in [0.4, 0.5) is 0 Å². The molecule has 0 N–H and O–H groups in total. The largest absolute Gasteiger partial charge is 0.363 e. The van der Waals surface area contributed by atoms with Crippen molar-refractivity contribution in [3.8, 4) is 0 Å². The normalized spacial score (nSPS) is 25.9. The Hall–Kier alpha value is -0.380. The Labute approximate surface area is 99.4 Å². The molecule has 1 saturated heterocycles. The summed E-state index contributed by atoms with van der Waals surface area (Å²) in [4.78, 5) is 2.28. The van der Waals surface area contributed by atoms with Crippen LogP contribution < -0.4 is 0 Å². The van der Waals surface area contributed by atoms with Crippen molar-refractivity contribution >= 4 is 15.9 Å². The number of hydrogen-bond acceptors (Lipinski definition) is 2. The van der Waals surface area contributed by atoms with E-state index in [9.17, 15) is 0 Å². The van der Waals surface area contributed by atoms with E-state index in [0.29, 0.717) is 0 Å². The van der Waals surface area contributed by atoms with Gasteiger partial charge in [0.15, 0.2) is 0 Å². The summed E-state index contributed by atoms with van der Waals surface area (Å²) < 4.78 is 6.92. The number of likely N-dealkylation sites (N-methyl/N-ethyl adjacent to an activating group) is 1. The van der Waals surface area contributed by atoms with E-state index in [1.54, 1.807) is 6.08 Å². The molecule has 82 valence electrons. The molecule has 2 heterocycles. The second-order valence-corrected chi connectivity index (χ2v) is 5.25. The van der Waals surface area contributed by atoms with Gasteiger partial charge in [0.1, 0.15) is 5.60 Å². The minimum Gasteiger partial charge on any atom is -0.363 e. The van der Waals surface area contributed by atoms with Gasteiger partial charge in [-0.1, -0.05) is 28.6 Å². The lowest BCUT2D eigenvalue weighted by molar-refractivity contribution is -0.0866. The summed E-state index contributed by atoms with van der Waals surface area (Å²) in [6.07, 6.45) is 3.91. The smallest absolute Gasteiger partial charge is 0.115 e. The van der Waals surface area contributed by atoms with Crippen LogP contribution in [0.2, 0.25) is 0 Å². The number of nitrogens with zero attached hydrogens (tertiary/aromatic N) is 1. The van der Waals surface area contributed by atoms with Crippen molar-refractivity contribution in [2.45, 2.75) is 12.5 Å². The van der Waals surface area contributed by atoms with E-state index in [-0.39, 0.29) is 5.60 Å². The first-order valence-corrected chi connectivity index (χ1v) is 5.89. The molecule has 0 amide bonds. The maximum absolute atomic E-state index is 5.90. The Morgan fingerprint density at radius 3 is 2.80 bits per heavy atom. The lowest BCUT2D eigenvalue weighted by Crippen LogP contribution is -2.60. The van der Waals surface area contributed by atoms with Crippen LogP contribution in [0.3, 0.4) is 0 Å². The van der Waals surface area contributed by atoms with Gasteiger partial charge in [0.05, 0.1) is 6.61 Å². The predicted molar refractivity (Wildman–Crippen MR) is 66.1 cm³/mol. The van der Waals surface area contributed by atoms with Crippen LogP contribution in [0.1, 0.15) is 6.92 Å². The highest BCUT2D eigenvalue weighted by Crippen LogP contribution is 2.39. The molecule has 1 spiro atoms. The van der Waals surface area contributed by atoms with Crippen molar-refractivity contribution in [1.82, 2.24) is 4.90 Å². The number of hydrogen-bond donors (Lipinski definition) is 0. The fourth-order valence-corrected chi connectivity index (χ4v) is 2.53. The molecular formula is C12H16BrNO. The highest BCUT2D eigenvalue weighted by molar-refractivity contribution is 9.11. The van der Waals surface area contributed by atoms with Crippen molar-refractivity contribution in [2.24, 2.45) is 0 Å². The highest BCUT2D eigenvalue weighted by atomic mass is 79.9. The Morgan fingerprint density at radius 1 is 1.60 bits per heavy atom. The second-order valence-electron chi connectivity index (χ2n) is 4.34. The summed E-state index contributed by atoms with van der Waals surface area (Å²) >= 11 is 3.45. The van der Waals surface area contributed by atoms with Gasteiger partial charge < -0.3 is 4.74 Å². The number of ether oxygens (including phenoxy) is 1. The molecule has 0 saturated carbocycles. The molecule has 0 aromatic heterocycles. The Bertz CT molecular complexity index is 351. The van der Waals surface area contributed by atoms with Gasteiger partial charge in [-0.3, -0.25) is 4.90 Å². The third kappa shape index (κ3) is 1.84. The van der Waals surface area contributed by atoms with E-state index in [2.05, 4.69) is 47.5 Å². The van der Waals surface area contributed by atoms with E-state index >= 15 is 0 Å². The number of likely N-dealkylation sites (tertiary alicyclic amines) is 1. The van der Waals surface area contributed by atoms with Crippen molar-refractivity contribution in [3.05, 3.63) is 34.4 Å². The lowest BCUT2D eigenvalue weighted by Gasteiger charge is -2.46. The first-order chi connectivity index (χ1) is 7.07. The summed E-state index contributed by atoms with van der Waals surface area (Å²) in [5.74, 6) is 0. The van der Waals surface area contributed by atoms with Gasteiger partial charge in [0.25, 0.3) is 0 Å². The van der Waals surface area contributed by atoms with Gasteiger partial charge in [0, 0.05) is 17.6 Å². The SMILES string of the molecule is C=C/C(Br)=C\C1=C(C)C2(CN(C)C2)OC1. The zero-order valence-corrected chi connectivity index (χ0v) is 10.8. The van der Waals surface area contributed by atoms with Crippen molar-refractivity contribution < 1.29 is 4.74 Å². The molecule has 3 heteroatoms. The monoisotopic (exact) mass is 269 g/mol. The third-order valence-electron chi connectivity index (χ3n) is 3.23. The van der Waals surface area contributed by atoms with Crippen LogP contribution in [-0.4, -0.2) is 37.2 Å². The van der Waals surface area contributed by atoms with Gasteiger partial charge in [-0.15, -0.1) is 0 Å². The van der Waals surface area contributed by atoms with E-state index in [0.717, 1.165) is 24.2 Å². The summed E-state index contributed by atoms with van der Waals surface area (Å²) in [7, 11) is 2.12. The van der Waals surface area contributed by atoms with E-state index in [4.69, 9.17) is 4.74 Å². The zero-order valence-electron chi connectivity index (χ0n) is 9.22. The average molecular weight is 270 g/mol. The molecule has 2 rings (SSSR count). The molecule has 0 radical (unpaired) electrons. The molecule has 1 fully saturated rings. The van der Waals surface area contributed by atoms with Gasteiger partial charge in [-0.2, -0.15) is 0 Å². The lowest BCUT2D eigenvalue weighted by atomic mass is 9.86. The van der Waals surface area contributed by atoms with Crippen LogP contribution in [-0.2, 0) is 4.74 Å². The Kier molecular flexibility index (Phi) is 2.88. The van der Waals surface area contributed by atoms with Crippen LogP contribution in [0.5, 0.6) is 0 Å². The van der Waals surface area contributed by atoms with Crippen molar-refractivity contribution in [2.75, 3.05) is 26.7 Å². The van der Waals surface area contributed by atoms with E-state index in [1.807, 2.05) is 0 Å². The molecule has 2 aliphatic heterocycles. The molecule has 0 aromatic carbocycles. The summed E-state index contributed by atoms with van der Waals surface area (Å²) in [5.41, 5.74) is 2.67. The van der Waals surface area contributed by atoms with E-state index in [1.165, 1.54) is 11.1 Å². The second kappa shape index (κ2) is 3.89. The van der Waals surface area contributed by atoms with E-state index < -0.39 is 0 Å². The molecule has 2 nitrogen and oxygen atoms in total. The van der Waals surface area contributed by atoms with Crippen LogP contribution in [0, 0.1) is 0 Å². The first-order valence-electron chi connectivity index (χ1n) is 5.10. The molecule has 0 aromatic rings. The van der Waals surface area contributed by atoms with Gasteiger partial charge >= 0.3 is 0 Å². The molecule has 15 heavy (non-hydrogen) atoms. The van der Waals surface area contributed by atoms with Gasteiger partial charge in [0.2, 0.25) is 0 Å². The number of halogens is 1. The minimum atomic E-state index is 0.00896. The third-order valence-corrected chi connectivity index (χ3v) is 3.78. The predicted octanol–water partition coefficient (Wildman–Crippen LogP) is 2.48. The molecule has 0 aliphatic carbocycles. The summed E-state index contributed by atoms with van der Waals surface area (Å²) in [6, 6.07) is 0. The number of rotatable bonds is 2. The zero-order chi connectivity index (χ0) is 11.1. The van der Waals surface area contributed by atoms with Crippen molar-refractivity contribution in [3.63, 3.8) is 0 Å². The average Bonchev–Trinajstić information content (AvgIpc) is 2.46. The Balaban J connectivity index is 2.21. The first kappa shape index (κ1) is 11.1. The molecule has 0 bridgehead atoms. The quantitative estimate of drug-likeness (QED) is 0.715. The maximum Gasteiger partial charge on any atom is 0.115 e. The molecular weight excluding hydrogens is 254 g/mol. The Morgan fingerprint density at radius 2 is 2.27 bits per heavy atom. The maximum atomic E-state index is 5.90. The highest BCUT2D eigenvalue weighted by Gasteiger charge is 2.47. The van der Waals surface area contributed by atoms with Crippen LogP contribution >= 0.6 is 15.9 Å². The fourth-order valence-electron chi connectivity index (χ4n) is 2.25. The standard InChI is InChI=1S/C12H16BrNO/c1-4-11(13)5-10-6-15-12(9(10)2)7-14(3)8-12/h4-5H,1,6-8H2,2-3H3/b11-5+. The van der Waals surface area contributed by atoms with Crippen LogP contribution in [0.25, 0.3) is 0 Å². The van der Waals surface area contributed by atoms with Gasteiger partial charge in [-0.05, 0) is 31.2 Å². The van der Waals surface area contributed by atoms with Gasteiger partial charge in [-0.25, -0.2) is 0 Å². The fraction of sp³-hybridized carbons (Fsp3) is 0.500. The molecule has 0 atom stereocenters. The minimum absolute atomic E-state index is 0.00896. The summed E-state index contributed by atoms with van der Waals surface area (Å²) in [6.45, 7) is 8.66. The van der Waals surface area contributed by atoms with Crippen LogP contribution in [0.15, 0.2) is 34.4 Å².